The summed E-state index contributed by atoms with van der Waals surface area (Å²) in [6.45, 7) is 5.91. The average Bonchev–Trinajstić information content (AvgIpc) is 2.91. The van der Waals surface area contributed by atoms with Crippen LogP contribution in [0.15, 0.2) is 24.5 Å². The van der Waals surface area contributed by atoms with Crippen LogP contribution in [-0.4, -0.2) is 126 Å². The molecule has 224 valence electrons. The van der Waals surface area contributed by atoms with Crippen molar-refractivity contribution in [1.82, 2.24) is 16.0 Å². The maximum Gasteiger partial charge on any atom is 0.250 e. The van der Waals surface area contributed by atoms with E-state index in [1.54, 1.807) is 13.1 Å². The van der Waals surface area contributed by atoms with Crippen LogP contribution in [0.5, 0.6) is 0 Å². The van der Waals surface area contributed by atoms with E-state index in [1.165, 1.54) is 6.92 Å². The number of likely N-dealkylation sites (N-methyl/N-ethyl adjacent to an activating group) is 1. The third kappa shape index (κ3) is 7.55. The van der Waals surface area contributed by atoms with Gasteiger partial charge in [-0.15, -0.1) is 6.58 Å². The molecule has 0 radical (unpaired) electrons. The Kier molecular flexibility index (Phi) is 11.7. The highest BCUT2D eigenvalue weighted by Gasteiger charge is 2.51. The molecule has 11 unspecified atom stereocenters. The van der Waals surface area contributed by atoms with Crippen LogP contribution in [0.2, 0.25) is 0 Å². The summed E-state index contributed by atoms with van der Waals surface area (Å²) < 4.78 is 18.1. The first-order chi connectivity index (χ1) is 18.6. The van der Waals surface area contributed by atoms with Gasteiger partial charge in [0.1, 0.15) is 35.8 Å². The molecule has 0 bridgehead atoms. The summed E-state index contributed by atoms with van der Waals surface area (Å²) in [7, 11) is 1.60. The largest absolute Gasteiger partial charge is 0.493 e. The first-order valence-electron chi connectivity index (χ1n) is 13.6. The summed E-state index contributed by atoms with van der Waals surface area (Å²) in [5.74, 6) is -0.503. The average molecular weight is 559 g/mol. The molecule has 1 amide bonds. The van der Waals surface area contributed by atoms with Crippen molar-refractivity contribution < 1.29 is 44.5 Å². The first kappa shape index (κ1) is 31.9. The fraction of sp³-hybridized carbons (Fsp3) is 0.808. The normalized spacial score (nSPS) is 39.8. The fourth-order valence-electron chi connectivity index (χ4n) is 5.74. The Morgan fingerprint density at radius 1 is 1.36 bits per heavy atom. The van der Waals surface area contributed by atoms with Gasteiger partial charge in [0.15, 0.2) is 6.29 Å². The van der Waals surface area contributed by atoms with Gasteiger partial charge in [-0.1, -0.05) is 6.08 Å². The molecule has 0 spiro atoms. The number of hydrogen-bond donors (Lipinski definition) is 9. The van der Waals surface area contributed by atoms with Crippen molar-refractivity contribution in [3.63, 3.8) is 0 Å². The quantitative estimate of drug-likeness (QED) is 0.0871. The van der Waals surface area contributed by atoms with Crippen molar-refractivity contribution in [2.75, 3.05) is 39.9 Å². The van der Waals surface area contributed by atoms with Crippen LogP contribution < -0.4 is 21.7 Å². The molecule has 13 heteroatoms. The Morgan fingerprint density at radius 3 is 2.74 bits per heavy atom. The van der Waals surface area contributed by atoms with E-state index in [4.69, 9.17) is 25.1 Å². The molecule has 2 aliphatic heterocycles. The Labute approximate surface area is 229 Å². The topological polar surface area (TPSA) is 208 Å². The number of nitrogens with two attached hydrogens (primary N) is 1. The zero-order valence-electron chi connectivity index (χ0n) is 22.7. The second-order valence-corrected chi connectivity index (χ2v) is 10.8. The molecule has 2 fully saturated rings. The van der Waals surface area contributed by atoms with Crippen molar-refractivity contribution in [2.24, 2.45) is 17.6 Å². The number of hydrogen-bond acceptors (Lipinski definition) is 12. The molecular formula is C26H46N4O9. The van der Waals surface area contributed by atoms with Crippen molar-refractivity contribution in [2.45, 2.75) is 80.7 Å². The number of nitrogens with one attached hydrogen (secondary N) is 3. The molecule has 1 aliphatic carbocycles. The highest BCUT2D eigenvalue weighted by Crippen LogP contribution is 2.39. The minimum Gasteiger partial charge on any atom is -0.493 e. The summed E-state index contributed by atoms with van der Waals surface area (Å²) in [6.07, 6.45) is -1.26. The smallest absolute Gasteiger partial charge is 0.250 e. The van der Waals surface area contributed by atoms with Crippen LogP contribution >= 0.6 is 0 Å². The zero-order chi connectivity index (χ0) is 28.7. The molecule has 0 aromatic carbocycles. The molecule has 10 N–H and O–H groups in total. The fourth-order valence-corrected chi connectivity index (χ4v) is 5.74. The second-order valence-electron chi connectivity index (χ2n) is 10.8. The minimum atomic E-state index is -1.42. The van der Waals surface area contributed by atoms with E-state index in [0.29, 0.717) is 38.1 Å². The van der Waals surface area contributed by atoms with Crippen LogP contribution in [-0.2, 0) is 19.0 Å². The Hall–Kier alpha value is -1.65. The maximum atomic E-state index is 12.5. The summed E-state index contributed by atoms with van der Waals surface area (Å²) in [6, 6.07) is -1.49. The van der Waals surface area contributed by atoms with Gasteiger partial charge in [-0.3, -0.25) is 4.79 Å². The van der Waals surface area contributed by atoms with Gasteiger partial charge in [0.05, 0.1) is 37.9 Å². The predicted molar refractivity (Wildman–Crippen MR) is 141 cm³/mol. The van der Waals surface area contributed by atoms with E-state index in [0.717, 1.165) is 0 Å². The van der Waals surface area contributed by atoms with Crippen LogP contribution in [0.4, 0.5) is 0 Å². The van der Waals surface area contributed by atoms with E-state index >= 15 is 0 Å². The highest BCUT2D eigenvalue weighted by molar-refractivity contribution is 5.81. The van der Waals surface area contributed by atoms with Crippen molar-refractivity contribution in [3.05, 3.63) is 24.5 Å². The molecule has 3 rings (SSSR count). The number of aliphatic hydroxyl groups is 5. The molecule has 39 heavy (non-hydrogen) atoms. The van der Waals surface area contributed by atoms with Crippen molar-refractivity contribution in [3.8, 4) is 0 Å². The van der Waals surface area contributed by atoms with E-state index in [1.807, 2.05) is 6.08 Å². The summed E-state index contributed by atoms with van der Waals surface area (Å²) in [4.78, 5) is 12.5. The molecule has 11 atom stereocenters. The lowest BCUT2D eigenvalue weighted by Gasteiger charge is -2.49. The Morgan fingerprint density at radius 2 is 2.10 bits per heavy atom. The Balaban J connectivity index is 1.83. The third-order valence-corrected chi connectivity index (χ3v) is 7.91. The Bertz CT molecular complexity index is 844. The number of carbonyl (C=O) groups is 1. The van der Waals surface area contributed by atoms with Gasteiger partial charge in [0, 0.05) is 24.9 Å². The third-order valence-electron chi connectivity index (χ3n) is 7.91. The van der Waals surface area contributed by atoms with E-state index in [-0.39, 0.29) is 25.7 Å². The maximum absolute atomic E-state index is 12.5. The van der Waals surface area contributed by atoms with Gasteiger partial charge < -0.3 is 61.4 Å². The first-order valence-corrected chi connectivity index (χ1v) is 13.6. The lowest BCUT2D eigenvalue weighted by atomic mass is 9.73. The lowest BCUT2D eigenvalue weighted by molar-refractivity contribution is -0.297. The highest BCUT2D eigenvalue weighted by atomic mass is 16.7. The number of amides is 1. The molecule has 3 aliphatic rings. The second kappa shape index (κ2) is 14.3. The van der Waals surface area contributed by atoms with Crippen molar-refractivity contribution >= 4 is 5.91 Å². The van der Waals surface area contributed by atoms with Crippen LogP contribution in [0.3, 0.4) is 0 Å². The van der Waals surface area contributed by atoms with Gasteiger partial charge in [0.25, 0.3) is 0 Å². The van der Waals surface area contributed by atoms with Gasteiger partial charge in [-0.25, -0.2) is 0 Å². The van der Waals surface area contributed by atoms with E-state index in [9.17, 15) is 25.2 Å². The van der Waals surface area contributed by atoms with E-state index < -0.39 is 66.3 Å². The molecule has 2 heterocycles. The summed E-state index contributed by atoms with van der Waals surface area (Å²) in [5.41, 5.74) is 4.08. The zero-order valence-corrected chi connectivity index (χ0v) is 22.7. The number of allylic oxidation sites excluding steroid dienone is 1. The lowest BCUT2D eigenvalue weighted by Crippen LogP contribution is -2.67. The number of rotatable bonds is 12. The number of aliphatic hydroxyl groups excluding tert-OH is 4. The van der Waals surface area contributed by atoms with Gasteiger partial charge in [-0.05, 0) is 39.3 Å². The number of carbonyl (C=O) groups excluding carboxylic acids is 1. The molecule has 13 nitrogen and oxygen atoms in total. The molecule has 1 saturated carbocycles. The van der Waals surface area contributed by atoms with E-state index in [2.05, 4.69) is 22.5 Å². The summed E-state index contributed by atoms with van der Waals surface area (Å²) >= 11 is 0. The van der Waals surface area contributed by atoms with Gasteiger partial charge in [-0.2, -0.15) is 0 Å². The van der Waals surface area contributed by atoms with Crippen LogP contribution in [0.25, 0.3) is 0 Å². The minimum absolute atomic E-state index is 0.00274. The molecule has 0 aromatic rings. The van der Waals surface area contributed by atoms with Crippen molar-refractivity contribution in [1.29, 1.82) is 0 Å². The van der Waals surface area contributed by atoms with Crippen LogP contribution in [0, 0.1) is 11.8 Å². The predicted octanol–water partition coefficient (Wildman–Crippen LogP) is -2.94. The summed E-state index contributed by atoms with van der Waals surface area (Å²) in [5, 5.41) is 60.9. The number of ether oxygens (including phenoxy) is 3. The molecule has 0 aromatic heterocycles. The monoisotopic (exact) mass is 558 g/mol. The molecular weight excluding hydrogens is 512 g/mol. The molecule has 1 saturated heterocycles. The SMILES string of the molecule is C=CC1CC=C(CNCCO)OC1C1CCC(NC(=O)C(O)CN)C(OC2OCC(C)(O)C(NC)C2O)C1O. The van der Waals surface area contributed by atoms with Gasteiger partial charge >= 0.3 is 0 Å². The van der Waals surface area contributed by atoms with Crippen LogP contribution in [0.1, 0.15) is 26.2 Å². The van der Waals surface area contributed by atoms with Gasteiger partial charge in [0.2, 0.25) is 5.91 Å². The standard InChI is InChI=1S/C26H46N4O9/c1-4-14-5-6-15(12-29-9-10-31)38-21(14)16-7-8-17(30-24(35)18(32)11-27)22(19(16)33)39-25-20(34)23(28-3)26(2,36)13-37-25/h4,6,14,16-23,25,28-29,31-34,36H,1,5,7-13,27H2,2-3H3,(H,30,35).